The Labute approximate surface area is 96.6 Å². The molecule has 9 nitrogen and oxygen atoms in total. The van der Waals surface area contributed by atoms with Crippen molar-refractivity contribution in [1.82, 2.24) is 29.7 Å². The van der Waals surface area contributed by atoms with Crippen molar-refractivity contribution in [3.05, 3.63) is 12.7 Å². The molecular formula is C8H11N7O2. The van der Waals surface area contributed by atoms with E-state index < -0.39 is 0 Å². The maximum atomic E-state index is 5.53. The summed E-state index contributed by atoms with van der Waals surface area (Å²) in [5.74, 6) is 0.306. The lowest BCUT2D eigenvalue weighted by Gasteiger charge is -2.05. The highest BCUT2D eigenvalue weighted by atomic mass is 16.5. The molecule has 9 heteroatoms. The van der Waals surface area contributed by atoms with Crippen molar-refractivity contribution in [2.75, 3.05) is 26.1 Å². The Kier molecular flexibility index (Phi) is 3.40. The zero-order valence-corrected chi connectivity index (χ0v) is 9.15. The summed E-state index contributed by atoms with van der Waals surface area (Å²) in [4.78, 5) is 15.6. The van der Waals surface area contributed by atoms with Crippen molar-refractivity contribution in [3.63, 3.8) is 0 Å². The SMILES string of the molecule is COCCOc1nc(N)nc(-n2cncn2)n1. The third-order valence-corrected chi connectivity index (χ3v) is 1.76. The molecule has 2 aromatic heterocycles. The number of methoxy groups -OCH3 is 1. The molecule has 0 fully saturated rings. The van der Waals surface area contributed by atoms with Crippen molar-refractivity contribution in [3.8, 4) is 12.0 Å². The first-order valence-corrected chi connectivity index (χ1v) is 4.78. The van der Waals surface area contributed by atoms with Crippen LogP contribution in [-0.4, -0.2) is 50.0 Å². The zero-order chi connectivity index (χ0) is 12.1. The monoisotopic (exact) mass is 237 g/mol. The molecule has 2 rings (SSSR count). The number of ether oxygens (including phenoxy) is 2. The molecule has 0 aliphatic rings. The number of rotatable bonds is 5. The highest BCUT2D eigenvalue weighted by Crippen LogP contribution is 2.07. The van der Waals surface area contributed by atoms with Gasteiger partial charge < -0.3 is 15.2 Å². The van der Waals surface area contributed by atoms with Gasteiger partial charge in [-0.05, 0) is 0 Å². The number of anilines is 1. The van der Waals surface area contributed by atoms with Crippen LogP contribution in [-0.2, 0) is 4.74 Å². The predicted octanol–water partition coefficient (Wildman–Crippen LogP) is -0.940. The molecule has 17 heavy (non-hydrogen) atoms. The quantitative estimate of drug-likeness (QED) is 0.662. The van der Waals surface area contributed by atoms with Crippen LogP contribution in [0.4, 0.5) is 5.95 Å². The van der Waals surface area contributed by atoms with Crippen LogP contribution in [0.5, 0.6) is 6.01 Å². The Morgan fingerprint density at radius 1 is 1.29 bits per heavy atom. The van der Waals surface area contributed by atoms with Gasteiger partial charge in [0, 0.05) is 7.11 Å². The average Bonchev–Trinajstić information content (AvgIpc) is 2.82. The van der Waals surface area contributed by atoms with Crippen molar-refractivity contribution in [2.45, 2.75) is 0 Å². The topological polar surface area (TPSA) is 114 Å². The van der Waals surface area contributed by atoms with Gasteiger partial charge in [-0.15, -0.1) is 0 Å². The number of nitrogens with two attached hydrogens (primary N) is 1. The third-order valence-electron chi connectivity index (χ3n) is 1.76. The molecule has 0 saturated carbocycles. The number of nitrogen functional groups attached to an aromatic ring is 1. The number of aromatic nitrogens is 6. The molecule has 2 aromatic rings. The molecule has 0 aliphatic heterocycles. The summed E-state index contributed by atoms with van der Waals surface area (Å²) in [6.07, 6.45) is 2.82. The molecule has 0 bridgehead atoms. The van der Waals surface area contributed by atoms with E-state index in [-0.39, 0.29) is 17.9 Å². The first kappa shape index (κ1) is 11.2. The van der Waals surface area contributed by atoms with Gasteiger partial charge in [0.15, 0.2) is 0 Å². The van der Waals surface area contributed by atoms with E-state index in [9.17, 15) is 0 Å². The second kappa shape index (κ2) is 5.16. The molecule has 90 valence electrons. The van der Waals surface area contributed by atoms with Gasteiger partial charge in [-0.2, -0.15) is 24.7 Å². The fraction of sp³-hybridized carbons (Fsp3) is 0.375. The van der Waals surface area contributed by atoms with E-state index in [0.29, 0.717) is 13.2 Å². The standard InChI is InChI=1S/C8H11N7O2/c1-16-2-3-17-8-13-6(9)12-7(14-8)15-5-10-4-11-15/h4-5H,2-3H2,1H3,(H2,9,12,13,14). The summed E-state index contributed by atoms with van der Waals surface area (Å²) < 4.78 is 11.4. The summed E-state index contributed by atoms with van der Waals surface area (Å²) >= 11 is 0. The fourth-order valence-corrected chi connectivity index (χ4v) is 1.06. The van der Waals surface area contributed by atoms with Crippen LogP contribution < -0.4 is 10.5 Å². The number of hydrogen-bond donors (Lipinski definition) is 1. The fourth-order valence-electron chi connectivity index (χ4n) is 1.06. The predicted molar refractivity (Wildman–Crippen MR) is 56.5 cm³/mol. The zero-order valence-electron chi connectivity index (χ0n) is 9.15. The number of nitrogens with zero attached hydrogens (tertiary/aromatic N) is 6. The van der Waals surface area contributed by atoms with Crippen LogP contribution in [0.15, 0.2) is 12.7 Å². The van der Waals surface area contributed by atoms with Gasteiger partial charge >= 0.3 is 6.01 Å². The van der Waals surface area contributed by atoms with E-state index in [2.05, 4.69) is 25.0 Å². The number of hydrogen-bond acceptors (Lipinski definition) is 8. The minimum Gasteiger partial charge on any atom is -0.461 e. The second-order valence-corrected chi connectivity index (χ2v) is 2.96. The maximum absolute atomic E-state index is 5.53. The molecule has 0 unspecified atom stereocenters. The van der Waals surface area contributed by atoms with E-state index in [1.54, 1.807) is 7.11 Å². The minimum atomic E-state index is 0.0536. The van der Waals surface area contributed by atoms with Crippen molar-refractivity contribution in [1.29, 1.82) is 0 Å². The Bertz CT molecular complexity index is 473. The van der Waals surface area contributed by atoms with E-state index in [4.69, 9.17) is 15.2 Å². The molecule has 0 atom stereocenters. The normalized spacial score (nSPS) is 10.4. The summed E-state index contributed by atoms with van der Waals surface area (Å²) in [6, 6.07) is 0.125. The first-order chi connectivity index (χ1) is 8.29. The largest absolute Gasteiger partial charge is 0.461 e. The summed E-state index contributed by atoms with van der Waals surface area (Å²) in [5.41, 5.74) is 5.53. The van der Waals surface area contributed by atoms with E-state index >= 15 is 0 Å². The molecule has 0 amide bonds. The minimum absolute atomic E-state index is 0.0536. The molecule has 2 N–H and O–H groups in total. The van der Waals surface area contributed by atoms with Crippen LogP contribution in [0.1, 0.15) is 0 Å². The molecule has 0 saturated heterocycles. The Balaban J connectivity index is 2.18. The summed E-state index contributed by atoms with van der Waals surface area (Å²) in [6.45, 7) is 0.765. The Hall–Kier alpha value is -2.29. The summed E-state index contributed by atoms with van der Waals surface area (Å²) in [5, 5.41) is 3.88. The molecule has 0 radical (unpaired) electrons. The van der Waals surface area contributed by atoms with Gasteiger partial charge in [0.2, 0.25) is 5.95 Å². The molecule has 0 aliphatic carbocycles. The Morgan fingerprint density at radius 2 is 2.18 bits per heavy atom. The smallest absolute Gasteiger partial charge is 0.323 e. The van der Waals surface area contributed by atoms with Crippen LogP contribution in [0.25, 0.3) is 5.95 Å². The average molecular weight is 237 g/mol. The van der Waals surface area contributed by atoms with Crippen LogP contribution in [0.2, 0.25) is 0 Å². The third kappa shape index (κ3) is 2.84. The highest BCUT2D eigenvalue weighted by Gasteiger charge is 2.07. The molecular weight excluding hydrogens is 226 g/mol. The summed E-state index contributed by atoms with van der Waals surface area (Å²) in [7, 11) is 1.58. The van der Waals surface area contributed by atoms with E-state index in [1.807, 2.05) is 0 Å². The van der Waals surface area contributed by atoms with Gasteiger partial charge in [0.1, 0.15) is 19.3 Å². The van der Waals surface area contributed by atoms with Gasteiger partial charge in [0.05, 0.1) is 6.61 Å². The van der Waals surface area contributed by atoms with Gasteiger partial charge in [0.25, 0.3) is 5.95 Å². The van der Waals surface area contributed by atoms with E-state index in [1.165, 1.54) is 17.3 Å². The lowest BCUT2D eigenvalue weighted by Crippen LogP contribution is -2.11. The molecule has 0 spiro atoms. The van der Waals surface area contributed by atoms with Gasteiger partial charge in [-0.3, -0.25) is 0 Å². The lowest BCUT2D eigenvalue weighted by atomic mass is 10.8. The first-order valence-electron chi connectivity index (χ1n) is 4.78. The molecule has 0 aromatic carbocycles. The van der Waals surface area contributed by atoms with Crippen molar-refractivity contribution in [2.24, 2.45) is 0 Å². The van der Waals surface area contributed by atoms with Gasteiger partial charge in [-0.25, -0.2) is 4.98 Å². The highest BCUT2D eigenvalue weighted by molar-refractivity contribution is 5.23. The molecule has 2 heterocycles. The van der Waals surface area contributed by atoms with Crippen molar-refractivity contribution >= 4 is 5.95 Å². The van der Waals surface area contributed by atoms with Gasteiger partial charge in [-0.1, -0.05) is 0 Å². The lowest BCUT2D eigenvalue weighted by molar-refractivity contribution is 0.140. The van der Waals surface area contributed by atoms with Crippen molar-refractivity contribution < 1.29 is 9.47 Å². The van der Waals surface area contributed by atoms with Crippen LogP contribution in [0, 0.1) is 0 Å². The maximum Gasteiger partial charge on any atom is 0.323 e. The Morgan fingerprint density at radius 3 is 2.88 bits per heavy atom. The van der Waals surface area contributed by atoms with Crippen LogP contribution in [0.3, 0.4) is 0 Å². The second-order valence-electron chi connectivity index (χ2n) is 2.96. The van der Waals surface area contributed by atoms with E-state index in [0.717, 1.165) is 0 Å². The van der Waals surface area contributed by atoms with Crippen LogP contribution >= 0.6 is 0 Å².